The van der Waals surface area contributed by atoms with E-state index in [0.29, 0.717) is 22.5 Å². The van der Waals surface area contributed by atoms with Crippen molar-refractivity contribution in [2.24, 2.45) is 0 Å². The van der Waals surface area contributed by atoms with Gasteiger partial charge >= 0.3 is 0 Å². The lowest BCUT2D eigenvalue weighted by Crippen LogP contribution is -2.21. The van der Waals surface area contributed by atoms with Gasteiger partial charge in [0.15, 0.2) is 0 Å². The van der Waals surface area contributed by atoms with E-state index in [-0.39, 0.29) is 28.9 Å². The number of nitriles is 1. The second kappa shape index (κ2) is 5.76. The molecule has 4 aromatic rings. The van der Waals surface area contributed by atoms with Crippen molar-refractivity contribution in [2.45, 2.75) is 6.54 Å². The number of hydrogen-bond donors (Lipinski definition) is 0. The zero-order valence-electron chi connectivity index (χ0n) is 14.5. The molecule has 0 amide bonds. The minimum Gasteiger partial charge on any atom is -0.334 e. The quantitative estimate of drug-likeness (QED) is 0.478. The molecule has 28 heavy (non-hydrogen) atoms. The smallest absolute Gasteiger partial charge is 0.268 e. The van der Waals surface area contributed by atoms with Crippen LogP contribution in [0, 0.1) is 17.1 Å². The molecule has 2 aromatic heterocycles. The Morgan fingerprint density at radius 3 is 2.61 bits per heavy atom. The van der Waals surface area contributed by atoms with Crippen LogP contribution in [0.5, 0.6) is 0 Å². The van der Waals surface area contributed by atoms with Gasteiger partial charge in [0.2, 0.25) is 5.43 Å². The number of carbonyl (C=O) groups excluding carboxylic acids is 1. The third-order valence-corrected chi connectivity index (χ3v) is 5.12. The number of carbonyl (C=O) groups is 1. The average Bonchev–Trinajstić information content (AvgIpc) is 3.29. The summed E-state index contributed by atoms with van der Waals surface area (Å²) in [7, 11) is 0. The molecule has 0 fully saturated rings. The van der Waals surface area contributed by atoms with Gasteiger partial charge in [-0.15, -0.1) is 0 Å². The predicted molar refractivity (Wildman–Crippen MR) is 102 cm³/mol. The van der Waals surface area contributed by atoms with Crippen molar-refractivity contribution >= 4 is 16.8 Å². The van der Waals surface area contributed by atoms with Gasteiger partial charge in [0.05, 0.1) is 40.5 Å². The maximum Gasteiger partial charge on any atom is 0.268 e. The summed E-state index contributed by atoms with van der Waals surface area (Å²) in [5.41, 5.74) is 1.69. The highest BCUT2D eigenvalue weighted by atomic mass is 19.1. The van der Waals surface area contributed by atoms with Crippen molar-refractivity contribution in [3.8, 4) is 17.5 Å². The first-order chi connectivity index (χ1) is 13.6. The monoisotopic (exact) mass is 369 g/mol. The van der Waals surface area contributed by atoms with E-state index in [4.69, 9.17) is 0 Å². The maximum atomic E-state index is 14.4. The number of nitrogens with zero attached hydrogens (tertiary/aromatic N) is 3. The Hall–Kier alpha value is -3.98. The summed E-state index contributed by atoms with van der Waals surface area (Å²) < 4.78 is 17.5. The summed E-state index contributed by atoms with van der Waals surface area (Å²) in [5, 5.41) is 9.66. The van der Waals surface area contributed by atoms with Crippen LogP contribution in [0.4, 0.5) is 4.39 Å². The lowest BCUT2D eigenvalue weighted by molar-refractivity contribution is 0.0968. The first kappa shape index (κ1) is 16.2. The fourth-order valence-corrected chi connectivity index (χ4v) is 3.88. The van der Waals surface area contributed by atoms with E-state index in [1.54, 1.807) is 59.3 Å². The van der Waals surface area contributed by atoms with Crippen LogP contribution in [-0.4, -0.2) is 15.0 Å². The number of aromatic nitrogens is 2. The number of hydrogen-bond acceptors (Lipinski definition) is 3. The van der Waals surface area contributed by atoms with E-state index in [1.807, 2.05) is 6.07 Å². The highest BCUT2D eigenvalue weighted by Crippen LogP contribution is 2.34. The molecule has 5 rings (SSSR count). The fourth-order valence-electron chi connectivity index (χ4n) is 3.88. The van der Waals surface area contributed by atoms with Gasteiger partial charge in [0.1, 0.15) is 11.4 Å². The van der Waals surface area contributed by atoms with Crippen LogP contribution in [0.25, 0.3) is 22.3 Å². The normalized spacial score (nSPS) is 12.1. The molecule has 0 bridgehead atoms. The third kappa shape index (κ3) is 2.04. The average molecular weight is 369 g/mol. The van der Waals surface area contributed by atoms with Crippen molar-refractivity contribution in [1.29, 1.82) is 5.26 Å². The van der Waals surface area contributed by atoms with Gasteiger partial charge in [-0.05, 0) is 30.3 Å². The van der Waals surface area contributed by atoms with Crippen LogP contribution in [0.3, 0.4) is 0 Å². The van der Waals surface area contributed by atoms with Crippen molar-refractivity contribution < 1.29 is 9.18 Å². The minimum atomic E-state index is -0.472. The molecule has 5 nitrogen and oxygen atoms in total. The van der Waals surface area contributed by atoms with Crippen molar-refractivity contribution in [2.75, 3.05) is 0 Å². The lowest BCUT2D eigenvalue weighted by atomic mass is 10.0. The lowest BCUT2D eigenvalue weighted by Gasteiger charge is -2.17. The molecule has 0 atom stereocenters. The molecule has 0 spiro atoms. The van der Waals surface area contributed by atoms with Crippen molar-refractivity contribution in [3.63, 3.8) is 0 Å². The summed E-state index contributed by atoms with van der Waals surface area (Å²) in [6.45, 7) is 0.124. The van der Waals surface area contributed by atoms with E-state index in [9.17, 15) is 19.2 Å². The van der Waals surface area contributed by atoms with Crippen molar-refractivity contribution in [1.82, 2.24) is 9.13 Å². The van der Waals surface area contributed by atoms with Gasteiger partial charge < -0.3 is 4.57 Å². The van der Waals surface area contributed by atoms with E-state index in [0.717, 1.165) is 0 Å². The van der Waals surface area contributed by atoms with Gasteiger partial charge in [-0.25, -0.2) is 4.39 Å². The van der Waals surface area contributed by atoms with Crippen LogP contribution < -0.4 is 5.43 Å². The second-order valence-corrected chi connectivity index (χ2v) is 6.61. The molecule has 2 aromatic carbocycles. The standard InChI is InChI=1S/C22H12FN3O2/c23-15-7-2-1-5-14(15)12-26-16-8-3-6-13(11-24)18(16)21(27)19-20(26)17-9-4-10-25(17)22(19)28/h1-10H,12H2. The molecule has 0 radical (unpaired) electrons. The van der Waals surface area contributed by atoms with Crippen molar-refractivity contribution in [3.05, 3.63) is 93.5 Å². The van der Waals surface area contributed by atoms with E-state index >= 15 is 0 Å². The number of pyridine rings is 1. The molecule has 1 aliphatic heterocycles. The molecule has 134 valence electrons. The van der Waals surface area contributed by atoms with Gasteiger partial charge in [0.25, 0.3) is 5.91 Å². The highest BCUT2D eigenvalue weighted by molar-refractivity contribution is 6.10. The Balaban J connectivity index is 1.95. The molecule has 3 heterocycles. The molecule has 0 N–H and O–H groups in total. The highest BCUT2D eigenvalue weighted by Gasteiger charge is 2.33. The van der Waals surface area contributed by atoms with Gasteiger partial charge in [-0.1, -0.05) is 24.3 Å². The van der Waals surface area contributed by atoms with Crippen LogP contribution in [0.1, 0.15) is 21.5 Å². The molecule has 0 unspecified atom stereocenters. The topological polar surface area (TPSA) is 67.8 Å². The van der Waals surface area contributed by atoms with Crippen LogP contribution in [-0.2, 0) is 6.54 Å². The van der Waals surface area contributed by atoms with Crippen LogP contribution >= 0.6 is 0 Å². The van der Waals surface area contributed by atoms with Gasteiger partial charge in [-0.2, -0.15) is 5.26 Å². The van der Waals surface area contributed by atoms with Gasteiger partial charge in [-0.3, -0.25) is 14.2 Å². The summed E-state index contributed by atoms with van der Waals surface area (Å²) in [4.78, 5) is 26.1. The number of rotatable bonds is 2. The summed E-state index contributed by atoms with van der Waals surface area (Å²) >= 11 is 0. The number of fused-ring (bicyclic) bond motifs is 4. The Morgan fingerprint density at radius 2 is 1.82 bits per heavy atom. The first-order valence-electron chi connectivity index (χ1n) is 8.67. The summed E-state index contributed by atoms with van der Waals surface area (Å²) in [6.07, 6.45) is 1.60. The zero-order chi connectivity index (χ0) is 19.4. The van der Waals surface area contributed by atoms with E-state index in [1.165, 1.54) is 10.6 Å². The number of halogens is 1. The largest absolute Gasteiger partial charge is 0.334 e. The zero-order valence-corrected chi connectivity index (χ0v) is 14.5. The van der Waals surface area contributed by atoms with E-state index < -0.39 is 11.3 Å². The molecule has 1 aliphatic rings. The minimum absolute atomic E-state index is 0.0159. The van der Waals surface area contributed by atoms with E-state index in [2.05, 4.69) is 0 Å². The fraction of sp³-hybridized carbons (Fsp3) is 0.0455. The Labute approximate surface area is 158 Å². The van der Waals surface area contributed by atoms with Crippen LogP contribution in [0.2, 0.25) is 0 Å². The Morgan fingerprint density at radius 1 is 1.00 bits per heavy atom. The maximum absolute atomic E-state index is 14.4. The molecule has 0 aliphatic carbocycles. The summed E-state index contributed by atoms with van der Waals surface area (Å²) in [5.74, 6) is -0.809. The SMILES string of the molecule is N#Cc1cccc2c1c(=O)c1c(n2Cc2ccccc2F)-c2cccn2C1=O. The Bertz CT molecular complexity index is 1410. The molecule has 0 saturated carbocycles. The number of benzene rings is 2. The second-order valence-electron chi connectivity index (χ2n) is 6.61. The third-order valence-electron chi connectivity index (χ3n) is 5.12. The van der Waals surface area contributed by atoms with Gasteiger partial charge in [0, 0.05) is 11.8 Å². The molecular weight excluding hydrogens is 357 g/mol. The first-order valence-corrected chi connectivity index (χ1v) is 8.67. The molecule has 0 saturated heterocycles. The van der Waals surface area contributed by atoms with Crippen LogP contribution in [0.15, 0.2) is 65.6 Å². The summed E-state index contributed by atoms with van der Waals surface area (Å²) in [6, 6.07) is 16.8. The molecule has 6 heteroatoms. The Kier molecular flexibility index (Phi) is 3.34. The molecular formula is C22H12FN3O2. The predicted octanol–water partition coefficient (Wildman–Crippen LogP) is 3.53.